The normalized spacial score (nSPS) is 15.2. The van der Waals surface area contributed by atoms with Crippen LogP contribution >= 0.6 is 0 Å². The van der Waals surface area contributed by atoms with Crippen molar-refractivity contribution < 1.29 is 14.3 Å². The molecule has 0 spiro atoms. The van der Waals surface area contributed by atoms with E-state index in [1.165, 1.54) is 7.11 Å². The number of nitrogens with one attached hydrogen (secondary N) is 1. The lowest BCUT2D eigenvalue weighted by atomic mass is 9.98. The number of benzene rings is 1. The Hall–Kier alpha value is -1.88. The van der Waals surface area contributed by atoms with Crippen LogP contribution in [-0.2, 0) is 14.3 Å². The Labute approximate surface area is 119 Å². The first-order valence-electron chi connectivity index (χ1n) is 6.68. The lowest BCUT2D eigenvalue weighted by Gasteiger charge is -2.24. The fourth-order valence-corrected chi connectivity index (χ4v) is 1.98. The van der Waals surface area contributed by atoms with Gasteiger partial charge in [-0.05, 0) is 11.5 Å². The second-order valence-corrected chi connectivity index (χ2v) is 4.80. The van der Waals surface area contributed by atoms with E-state index in [1.54, 1.807) is 12.1 Å². The van der Waals surface area contributed by atoms with Crippen LogP contribution in [0, 0.1) is 5.92 Å². The number of rotatable bonds is 7. The molecule has 0 aliphatic carbocycles. The Morgan fingerprint density at radius 2 is 1.90 bits per heavy atom. The molecule has 20 heavy (non-hydrogen) atoms. The van der Waals surface area contributed by atoms with Crippen LogP contribution in [0.3, 0.4) is 0 Å². The summed E-state index contributed by atoms with van der Waals surface area (Å²) < 4.78 is 5.23. The average Bonchev–Trinajstić information content (AvgIpc) is 2.45. The largest absolute Gasteiger partial charge is 0.368 e. The molecule has 1 aromatic carbocycles. The van der Waals surface area contributed by atoms with Crippen LogP contribution in [0.1, 0.15) is 31.9 Å². The number of hydrogen-bond acceptors (Lipinski definition) is 3. The van der Waals surface area contributed by atoms with Gasteiger partial charge in [-0.15, -0.1) is 0 Å². The highest BCUT2D eigenvalue weighted by molar-refractivity contribution is 5.89. The Morgan fingerprint density at radius 3 is 2.35 bits per heavy atom. The quantitative estimate of drug-likeness (QED) is 0.790. The topological polar surface area (TPSA) is 81.4 Å². The molecule has 0 radical (unpaired) electrons. The van der Waals surface area contributed by atoms with Crippen molar-refractivity contribution in [1.29, 1.82) is 0 Å². The van der Waals surface area contributed by atoms with Crippen molar-refractivity contribution in [1.82, 2.24) is 5.32 Å². The number of carbonyl (C=O) groups excluding carboxylic acids is 2. The highest BCUT2D eigenvalue weighted by Crippen LogP contribution is 2.17. The predicted molar refractivity (Wildman–Crippen MR) is 76.8 cm³/mol. The third-order valence-corrected chi connectivity index (χ3v) is 3.39. The van der Waals surface area contributed by atoms with E-state index in [2.05, 4.69) is 5.32 Å². The molecule has 2 amide bonds. The summed E-state index contributed by atoms with van der Waals surface area (Å²) in [4.78, 5) is 23.7. The summed E-state index contributed by atoms with van der Waals surface area (Å²) in [6, 6.07) is 8.43. The van der Waals surface area contributed by atoms with Crippen molar-refractivity contribution in [3.05, 3.63) is 35.9 Å². The lowest BCUT2D eigenvalue weighted by molar-refractivity contribution is -0.135. The standard InChI is InChI=1S/C15H22N2O3/c1-4-10(2)12(14(16)18)17-15(19)13(20-3)11-8-6-5-7-9-11/h5-10,12-13H,4H2,1-3H3,(H2,16,18)(H,17,19)/t10-,12+,13+/m0/s1. The fraction of sp³-hybridized carbons (Fsp3) is 0.467. The molecule has 5 heteroatoms. The molecule has 0 aliphatic rings. The van der Waals surface area contributed by atoms with E-state index in [-0.39, 0.29) is 11.8 Å². The molecular weight excluding hydrogens is 256 g/mol. The van der Waals surface area contributed by atoms with E-state index in [9.17, 15) is 9.59 Å². The average molecular weight is 278 g/mol. The number of ether oxygens (including phenoxy) is 1. The SMILES string of the molecule is CC[C@H](C)[C@@H](NC(=O)[C@H](OC)c1ccccc1)C(N)=O. The molecule has 0 aliphatic heterocycles. The van der Waals surface area contributed by atoms with Crippen molar-refractivity contribution in [2.75, 3.05) is 7.11 Å². The zero-order valence-electron chi connectivity index (χ0n) is 12.1. The van der Waals surface area contributed by atoms with Crippen LogP contribution in [0.2, 0.25) is 0 Å². The minimum atomic E-state index is -0.748. The summed E-state index contributed by atoms with van der Waals surface area (Å²) in [5.41, 5.74) is 6.08. The first-order valence-corrected chi connectivity index (χ1v) is 6.68. The van der Waals surface area contributed by atoms with Crippen LogP contribution in [0.4, 0.5) is 0 Å². The number of amides is 2. The molecule has 0 aromatic heterocycles. The van der Waals surface area contributed by atoms with E-state index in [4.69, 9.17) is 10.5 Å². The number of nitrogens with two attached hydrogens (primary N) is 1. The zero-order chi connectivity index (χ0) is 15.1. The molecule has 0 saturated heterocycles. The van der Waals surface area contributed by atoms with E-state index >= 15 is 0 Å². The first kappa shape index (κ1) is 16.2. The van der Waals surface area contributed by atoms with Gasteiger partial charge in [-0.3, -0.25) is 9.59 Å². The number of hydrogen-bond donors (Lipinski definition) is 2. The van der Waals surface area contributed by atoms with Crippen LogP contribution in [0.5, 0.6) is 0 Å². The van der Waals surface area contributed by atoms with Gasteiger partial charge in [0.05, 0.1) is 0 Å². The number of primary amides is 1. The predicted octanol–water partition coefficient (Wildman–Crippen LogP) is 1.39. The molecule has 0 unspecified atom stereocenters. The molecule has 1 aromatic rings. The Kier molecular flexibility index (Phi) is 6.18. The molecule has 3 atom stereocenters. The molecule has 0 bridgehead atoms. The fourth-order valence-electron chi connectivity index (χ4n) is 1.98. The van der Waals surface area contributed by atoms with E-state index in [1.807, 2.05) is 32.0 Å². The van der Waals surface area contributed by atoms with E-state index in [0.29, 0.717) is 0 Å². The summed E-state index contributed by atoms with van der Waals surface area (Å²) in [5, 5.41) is 2.68. The van der Waals surface area contributed by atoms with Crippen LogP contribution < -0.4 is 11.1 Å². The molecule has 0 heterocycles. The van der Waals surface area contributed by atoms with Gasteiger partial charge in [0.1, 0.15) is 6.04 Å². The molecule has 0 fully saturated rings. The molecule has 1 rings (SSSR count). The smallest absolute Gasteiger partial charge is 0.254 e. The van der Waals surface area contributed by atoms with Crippen LogP contribution in [0.25, 0.3) is 0 Å². The molecule has 5 nitrogen and oxygen atoms in total. The Bertz CT molecular complexity index is 448. The van der Waals surface area contributed by atoms with Crippen LogP contribution in [-0.4, -0.2) is 25.0 Å². The minimum Gasteiger partial charge on any atom is -0.368 e. The van der Waals surface area contributed by atoms with Gasteiger partial charge in [0.2, 0.25) is 5.91 Å². The maximum atomic E-state index is 12.3. The van der Waals surface area contributed by atoms with Crippen molar-refractivity contribution >= 4 is 11.8 Å². The van der Waals surface area contributed by atoms with Crippen molar-refractivity contribution in [3.63, 3.8) is 0 Å². The Balaban J connectivity index is 2.84. The minimum absolute atomic E-state index is 0.0234. The number of methoxy groups -OCH3 is 1. The molecule has 0 saturated carbocycles. The lowest BCUT2D eigenvalue weighted by Crippen LogP contribution is -2.49. The van der Waals surface area contributed by atoms with Crippen LogP contribution in [0.15, 0.2) is 30.3 Å². The maximum Gasteiger partial charge on any atom is 0.254 e. The van der Waals surface area contributed by atoms with Gasteiger partial charge < -0.3 is 15.8 Å². The van der Waals surface area contributed by atoms with Crippen molar-refractivity contribution in [2.45, 2.75) is 32.4 Å². The van der Waals surface area contributed by atoms with Gasteiger partial charge in [-0.1, -0.05) is 50.6 Å². The Morgan fingerprint density at radius 1 is 1.30 bits per heavy atom. The third kappa shape index (κ3) is 4.06. The summed E-state index contributed by atoms with van der Waals surface area (Å²) in [5.74, 6) is -0.914. The second kappa shape index (κ2) is 7.65. The van der Waals surface area contributed by atoms with Gasteiger partial charge in [-0.2, -0.15) is 0 Å². The molecular formula is C15H22N2O3. The monoisotopic (exact) mass is 278 g/mol. The highest BCUT2D eigenvalue weighted by Gasteiger charge is 2.28. The number of carbonyl (C=O) groups is 2. The van der Waals surface area contributed by atoms with Gasteiger partial charge >= 0.3 is 0 Å². The summed E-state index contributed by atoms with van der Waals surface area (Å²) >= 11 is 0. The van der Waals surface area contributed by atoms with Crippen molar-refractivity contribution in [2.24, 2.45) is 11.7 Å². The van der Waals surface area contributed by atoms with Crippen molar-refractivity contribution in [3.8, 4) is 0 Å². The molecule has 110 valence electrons. The summed E-state index contributed by atoms with van der Waals surface area (Å²) in [7, 11) is 1.46. The highest BCUT2D eigenvalue weighted by atomic mass is 16.5. The first-order chi connectivity index (χ1) is 9.51. The van der Waals surface area contributed by atoms with E-state index in [0.717, 1.165) is 12.0 Å². The van der Waals surface area contributed by atoms with Gasteiger partial charge in [0.25, 0.3) is 5.91 Å². The zero-order valence-corrected chi connectivity index (χ0v) is 12.1. The summed E-state index contributed by atoms with van der Waals surface area (Å²) in [6.45, 7) is 3.82. The van der Waals surface area contributed by atoms with Gasteiger partial charge in [-0.25, -0.2) is 0 Å². The molecule has 3 N–H and O–H groups in total. The third-order valence-electron chi connectivity index (χ3n) is 3.39. The summed E-state index contributed by atoms with van der Waals surface area (Å²) in [6.07, 6.45) is -0.00115. The van der Waals surface area contributed by atoms with E-state index < -0.39 is 18.1 Å². The maximum absolute atomic E-state index is 12.3. The van der Waals surface area contributed by atoms with Gasteiger partial charge in [0, 0.05) is 7.11 Å². The second-order valence-electron chi connectivity index (χ2n) is 4.80. The van der Waals surface area contributed by atoms with Gasteiger partial charge in [0.15, 0.2) is 6.10 Å².